The molecular weight excluding hydrogens is 328 g/mol. The molecule has 0 radical (unpaired) electrons. The average molecular weight is 354 g/mol. The fraction of sp³-hybridized carbons (Fsp3) is 0.200. The minimum atomic E-state index is -0.333. The molecule has 0 fully saturated rings. The van der Waals surface area contributed by atoms with E-state index in [2.05, 4.69) is 104 Å². The summed E-state index contributed by atoms with van der Waals surface area (Å²) in [5, 5.41) is 8.67. The van der Waals surface area contributed by atoms with E-state index in [1.54, 1.807) is 0 Å². The molecule has 1 atom stereocenters. The molecular formula is C25H26N2. The van der Waals surface area contributed by atoms with Crippen LogP contribution in [0.5, 0.6) is 0 Å². The third-order valence-corrected chi connectivity index (χ3v) is 5.36. The summed E-state index contributed by atoms with van der Waals surface area (Å²) in [6.07, 6.45) is 0. The van der Waals surface area contributed by atoms with E-state index >= 15 is 0 Å². The lowest BCUT2D eigenvalue weighted by Crippen LogP contribution is -2.42. The lowest BCUT2D eigenvalue weighted by atomic mass is 9.82. The molecule has 0 amide bonds. The number of rotatable bonds is 5. The topological polar surface area (TPSA) is 38.0 Å². The number of nitrogens with one attached hydrogen (secondary N) is 1. The molecule has 4 aromatic rings. The van der Waals surface area contributed by atoms with Gasteiger partial charge in [0.25, 0.3) is 0 Å². The predicted molar refractivity (Wildman–Crippen MR) is 117 cm³/mol. The smallest absolute Gasteiger partial charge is 0.0420 e. The number of nitrogens with two attached hydrogens (primary N) is 1. The van der Waals surface area contributed by atoms with Gasteiger partial charge in [0.15, 0.2) is 0 Å². The first-order chi connectivity index (χ1) is 13.0. The van der Waals surface area contributed by atoms with E-state index in [0.717, 1.165) is 12.2 Å². The molecule has 0 saturated heterocycles. The summed E-state index contributed by atoms with van der Waals surface area (Å²) in [6.45, 7) is 5.01. The Kier molecular flexibility index (Phi) is 4.59. The fourth-order valence-electron chi connectivity index (χ4n) is 3.83. The van der Waals surface area contributed by atoms with Crippen LogP contribution in [-0.4, -0.2) is 12.1 Å². The highest BCUT2D eigenvalue weighted by Crippen LogP contribution is 2.31. The first-order valence-corrected chi connectivity index (χ1v) is 9.51. The molecule has 0 spiro atoms. The van der Waals surface area contributed by atoms with Gasteiger partial charge in [-0.15, -0.1) is 0 Å². The second-order valence-electron chi connectivity index (χ2n) is 7.89. The molecule has 0 aliphatic carbocycles. The third kappa shape index (κ3) is 3.67. The second-order valence-corrected chi connectivity index (χ2v) is 7.89. The van der Waals surface area contributed by atoms with Crippen molar-refractivity contribution in [3.8, 4) is 0 Å². The fourth-order valence-corrected chi connectivity index (χ4v) is 3.83. The highest BCUT2D eigenvalue weighted by Gasteiger charge is 2.27. The van der Waals surface area contributed by atoms with Crippen LogP contribution >= 0.6 is 0 Å². The molecule has 0 saturated carbocycles. The molecule has 3 N–H and O–H groups in total. The number of fused-ring (bicyclic) bond motifs is 2. The van der Waals surface area contributed by atoms with Gasteiger partial charge in [-0.3, -0.25) is 0 Å². The lowest BCUT2D eigenvalue weighted by molar-refractivity contribution is 0.424. The summed E-state index contributed by atoms with van der Waals surface area (Å²) in [5.41, 5.74) is 8.69. The largest absolute Gasteiger partial charge is 0.384 e. The van der Waals surface area contributed by atoms with Gasteiger partial charge in [0.05, 0.1) is 0 Å². The van der Waals surface area contributed by atoms with Gasteiger partial charge >= 0.3 is 0 Å². The van der Waals surface area contributed by atoms with Crippen molar-refractivity contribution in [1.29, 1.82) is 0 Å². The van der Waals surface area contributed by atoms with Crippen molar-refractivity contribution in [2.45, 2.75) is 25.3 Å². The van der Waals surface area contributed by atoms with Gasteiger partial charge in [0.1, 0.15) is 0 Å². The summed E-state index contributed by atoms with van der Waals surface area (Å²) in [6, 6.07) is 30.0. The van der Waals surface area contributed by atoms with E-state index in [1.165, 1.54) is 27.1 Å². The van der Waals surface area contributed by atoms with Crippen molar-refractivity contribution in [3.05, 3.63) is 90.5 Å². The van der Waals surface area contributed by atoms with Gasteiger partial charge in [0, 0.05) is 29.1 Å². The predicted octanol–water partition coefficient (Wildman–Crippen LogP) is 5.93. The first-order valence-electron chi connectivity index (χ1n) is 9.51. The van der Waals surface area contributed by atoms with Gasteiger partial charge in [-0.05, 0) is 41.6 Å². The molecule has 136 valence electrons. The van der Waals surface area contributed by atoms with Crippen molar-refractivity contribution in [2.75, 3.05) is 11.9 Å². The average Bonchev–Trinajstić information content (AvgIpc) is 2.67. The van der Waals surface area contributed by atoms with Crippen molar-refractivity contribution in [1.82, 2.24) is 0 Å². The summed E-state index contributed by atoms with van der Waals surface area (Å²) < 4.78 is 0. The Hall–Kier alpha value is -2.84. The standard InChI is InChI=1S/C25H26N2/c1-25(2,26)23(21-15-14-18-8-3-4-10-20(18)16-21)17-27-24-13-7-11-19-9-5-6-12-22(19)24/h3-16,23,27H,17,26H2,1-2H3. The highest BCUT2D eigenvalue weighted by molar-refractivity contribution is 5.93. The van der Waals surface area contributed by atoms with Crippen LogP contribution < -0.4 is 11.1 Å². The lowest BCUT2D eigenvalue weighted by Gasteiger charge is -2.32. The van der Waals surface area contributed by atoms with Gasteiger partial charge in [-0.2, -0.15) is 0 Å². The zero-order chi connectivity index (χ0) is 18.9. The Morgan fingerprint density at radius 1 is 0.778 bits per heavy atom. The quantitative estimate of drug-likeness (QED) is 0.466. The normalized spacial score (nSPS) is 13.0. The Morgan fingerprint density at radius 3 is 2.22 bits per heavy atom. The summed E-state index contributed by atoms with van der Waals surface area (Å²) in [5.74, 6) is 0.195. The van der Waals surface area contributed by atoms with Crippen LogP contribution in [-0.2, 0) is 0 Å². The van der Waals surface area contributed by atoms with E-state index in [1.807, 2.05) is 0 Å². The van der Waals surface area contributed by atoms with Gasteiger partial charge < -0.3 is 11.1 Å². The number of benzene rings is 4. The summed E-state index contributed by atoms with van der Waals surface area (Å²) >= 11 is 0. The van der Waals surface area contributed by atoms with E-state index in [9.17, 15) is 0 Å². The molecule has 0 aliphatic heterocycles. The third-order valence-electron chi connectivity index (χ3n) is 5.36. The molecule has 0 bridgehead atoms. The molecule has 4 aromatic carbocycles. The number of hydrogen-bond donors (Lipinski definition) is 2. The van der Waals surface area contributed by atoms with Crippen LogP contribution in [0, 0.1) is 0 Å². The molecule has 27 heavy (non-hydrogen) atoms. The minimum absolute atomic E-state index is 0.195. The van der Waals surface area contributed by atoms with Crippen LogP contribution in [0.4, 0.5) is 5.69 Å². The Bertz CT molecular complexity index is 1070. The zero-order valence-corrected chi connectivity index (χ0v) is 15.9. The summed E-state index contributed by atoms with van der Waals surface area (Å²) in [7, 11) is 0. The van der Waals surface area contributed by atoms with Crippen LogP contribution in [0.3, 0.4) is 0 Å². The van der Waals surface area contributed by atoms with E-state index in [-0.39, 0.29) is 11.5 Å². The molecule has 2 heteroatoms. The van der Waals surface area contributed by atoms with Crippen LogP contribution in [0.1, 0.15) is 25.3 Å². The molecule has 0 heterocycles. The van der Waals surface area contributed by atoms with Crippen molar-refractivity contribution < 1.29 is 0 Å². The number of anilines is 1. The zero-order valence-electron chi connectivity index (χ0n) is 15.9. The SMILES string of the molecule is CC(C)(N)C(CNc1cccc2ccccc12)c1ccc2ccccc2c1. The number of hydrogen-bond acceptors (Lipinski definition) is 2. The Balaban J connectivity index is 1.66. The minimum Gasteiger partial charge on any atom is -0.384 e. The first kappa shape index (κ1) is 17.6. The maximum atomic E-state index is 6.59. The van der Waals surface area contributed by atoms with Gasteiger partial charge in [0.2, 0.25) is 0 Å². The van der Waals surface area contributed by atoms with Crippen LogP contribution in [0.25, 0.3) is 21.5 Å². The van der Waals surface area contributed by atoms with Crippen molar-refractivity contribution in [3.63, 3.8) is 0 Å². The van der Waals surface area contributed by atoms with Crippen LogP contribution in [0.2, 0.25) is 0 Å². The van der Waals surface area contributed by atoms with Crippen molar-refractivity contribution >= 4 is 27.2 Å². The maximum absolute atomic E-state index is 6.59. The maximum Gasteiger partial charge on any atom is 0.0420 e. The van der Waals surface area contributed by atoms with Gasteiger partial charge in [-0.1, -0.05) is 78.9 Å². The molecule has 1 unspecified atom stereocenters. The molecule has 0 aromatic heterocycles. The molecule has 0 aliphatic rings. The van der Waals surface area contributed by atoms with Gasteiger partial charge in [-0.25, -0.2) is 0 Å². The second kappa shape index (κ2) is 7.05. The van der Waals surface area contributed by atoms with E-state index in [4.69, 9.17) is 5.73 Å². The van der Waals surface area contributed by atoms with E-state index < -0.39 is 0 Å². The summed E-state index contributed by atoms with van der Waals surface area (Å²) in [4.78, 5) is 0. The molecule has 4 rings (SSSR count). The van der Waals surface area contributed by atoms with Crippen LogP contribution in [0.15, 0.2) is 84.9 Å². The molecule has 2 nitrogen and oxygen atoms in total. The van der Waals surface area contributed by atoms with E-state index in [0.29, 0.717) is 0 Å². The Morgan fingerprint density at radius 2 is 1.44 bits per heavy atom. The Labute approximate surface area is 161 Å². The monoisotopic (exact) mass is 354 g/mol. The van der Waals surface area contributed by atoms with Crippen molar-refractivity contribution in [2.24, 2.45) is 5.73 Å². The highest BCUT2D eigenvalue weighted by atomic mass is 14.9.